The molecule has 2 amide bonds. The number of rotatable bonds is 5. The first-order chi connectivity index (χ1) is 12.0. The lowest BCUT2D eigenvalue weighted by Gasteiger charge is -2.23. The third-order valence-corrected chi connectivity index (χ3v) is 5.29. The molecule has 2 aromatic carbocycles. The predicted molar refractivity (Wildman–Crippen MR) is 102 cm³/mol. The van der Waals surface area contributed by atoms with Gasteiger partial charge in [0.05, 0.1) is 10.9 Å². The van der Waals surface area contributed by atoms with Gasteiger partial charge in [-0.25, -0.2) is 0 Å². The Hall–Kier alpha value is -2.47. The number of thioether (sulfide) groups is 1. The second-order valence-corrected chi connectivity index (χ2v) is 7.38. The molecule has 130 valence electrons. The largest absolute Gasteiger partial charge is 0.378 e. The fourth-order valence-corrected chi connectivity index (χ4v) is 3.69. The molecule has 5 nitrogen and oxygen atoms in total. The Labute approximate surface area is 151 Å². The van der Waals surface area contributed by atoms with E-state index in [4.69, 9.17) is 0 Å². The molecule has 1 aliphatic heterocycles. The highest BCUT2D eigenvalue weighted by Gasteiger charge is 2.28. The molecule has 2 aromatic rings. The fraction of sp³-hybridized carbons (Fsp3) is 0.263. The van der Waals surface area contributed by atoms with Crippen LogP contribution in [-0.2, 0) is 16.1 Å². The van der Waals surface area contributed by atoms with Crippen molar-refractivity contribution in [3.05, 3.63) is 54.1 Å². The van der Waals surface area contributed by atoms with Crippen LogP contribution in [0.5, 0.6) is 0 Å². The van der Waals surface area contributed by atoms with Crippen LogP contribution in [-0.4, -0.2) is 31.2 Å². The summed E-state index contributed by atoms with van der Waals surface area (Å²) < 4.78 is 0. The lowest BCUT2D eigenvalue weighted by Crippen LogP contribution is -2.34. The van der Waals surface area contributed by atoms with Gasteiger partial charge in [-0.3, -0.25) is 9.59 Å². The van der Waals surface area contributed by atoms with Crippen LogP contribution in [0.1, 0.15) is 12.0 Å². The number of amides is 2. The predicted octanol–water partition coefficient (Wildman–Crippen LogP) is 2.87. The molecule has 1 heterocycles. The summed E-state index contributed by atoms with van der Waals surface area (Å²) in [7, 11) is 3.98. The summed E-state index contributed by atoms with van der Waals surface area (Å²) in [5.41, 5.74) is 2.96. The van der Waals surface area contributed by atoms with Gasteiger partial charge in [-0.1, -0.05) is 24.3 Å². The van der Waals surface area contributed by atoms with Crippen molar-refractivity contribution in [3.63, 3.8) is 0 Å². The van der Waals surface area contributed by atoms with Crippen LogP contribution in [0.25, 0.3) is 0 Å². The lowest BCUT2D eigenvalue weighted by molar-refractivity contribution is -0.124. The number of fused-ring (bicyclic) bond motifs is 1. The first kappa shape index (κ1) is 17.4. The molecular weight excluding hydrogens is 334 g/mol. The number of anilines is 2. The Kier molecular flexibility index (Phi) is 5.28. The van der Waals surface area contributed by atoms with Crippen LogP contribution < -0.4 is 15.5 Å². The van der Waals surface area contributed by atoms with E-state index in [1.807, 2.05) is 67.5 Å². The Morgan fingerprint density at radius 2 is 1.88 bits per heavy atom. The van der Waals surface area contributed by atoms with E-state index in [0.717, 1.165) is 21.8 Å². The average molecular weight is 355 g/mol. The van der Waals surface area contributed by atoms with Gasteiger partial charge < -0.3 is 15.5 Å². The minimum atomic E-state index is -0.397. The topological polar surface area (TPSA) is 61.4 Å². The average Bonchev–Trinajstić information content (AvgIpc) is 2.61. The maximum absolute atomic E-state index is 12.2. The molecule has 2 N–H and O–H groups in total. The molecular formula is C19H21N3O2S. The van der Waals surface area contributed by atoms with E-state index < -0.39 is 5.25 Å². The SMILES string of the molecule is CN(C)c1ccc(CNC(=O)C[C@H]2Sc3ccccc3NC2=O)cc1. The highest BCUT2D eigenvalue weighted by atomic mass is 32.2. The Morgan fingerprint density at radius 1 is 1.16 bits per heavy atom. The molecule has 0 aromatic heterocycles. The summed E-state index contributed by atoms with van der Waals surface area (Å²) >= 11 is 1.44. The minimum absolute atomic E-state index is 0.116. The number of hydrogen-bond acceptors (Lipinski definition) is 4. The van der Waals surface area contributed by atoms with Gasteiger partial charge in [0.15, 0.2) is 0 Å². The highest BCUT2D eigenvalue weighted by molar-refractivity contribution is 8.01. The number of benzene rings is 2. The van der Waals surface area contributed by atoms with Crippen LogP contribution in [0.4, 0.5) is 11.4 Å². The van der Waals surface area contributed by atoms with Gasteiger partial charge >= 0.3 is 0 Å². The molecule has 0 bridgehead atoms. The summed E-state index contributed by atoms with van der Waals surface area (Å²) in [6, 6.07) is 15.7. The van der Waals surface area contributed by atoms with Gasteiger partial charge in [0, 0.05) is 37.6 Å². The first-order valence-corrected chi connectivity index (χ1v) is 9.00. The van der Waals surface area contributed by atoms with Gasteiger partial charge in [0.2, 0.25) is 11.8 Å². The summed E-state index contributed by atoms with van der Waals surface area (Å²) in [5.74, 6) is -0.238. The molecule has 0 unspecified atom stereocenters. The molecule has 0 aliphatic carbocycles. The smallest absolute Gasteiger partial charge is 0.238 e. The Balaban J connectivity index is 1.53. The maximum atomic E-state index is 12.2. The van der Waals surface area contributed by atoms with Gasteiger partial charge in [-0.15, -0.1) is 11.8 Å². The van der Waals surface area contributed by atoms with Crippen molar-refractivity contribution in [1.29, 1.82) is 0 Å². The van der Waals surface area contributed by atoms with E-state index in [1.165, 1.54) is 11.8 Å². The van der Waals surface area contributed by atoms with Crippen LogP contribution in [0.2, 0.25) is 0 Å². The van der Waals surface area contributed by atoms with Crippen molar-refractivity contribution in [3.8, 4) is 0 Å². The number of nitrogens with zero attached hydrogens (tertiary/aromatic N) is 1. The normalized spacial score (nSPS) is 15.9. The fourth-order valence-electron chi connectivity index (χ4n) is 2.58. The number of hydrogen-bond donors (Lipinski definition) is 2. The molecule has 6 heteroatoms. The van der Waals surface area contributed by atoms with E-state index in [2.05, 4.69) is 10.6 Å². The van der Waals surface area contributed by atoms with Crippen molar-refractivity contribution in [1.82, 2.24) is 5.32 Å². The molecule has 3 rings (SSSR count). The third kappa shape index (κ3) is 4.33. The number of para-hydroxylation sites is 1. The second-order valence-electron chi connectivity index (χ2n) is 6.13. The van der Waals surface area contributed by atoms with E-state index in [0.29, 0.717) is 6.54 Å². The van der Waals surface area contributed by atoms with Crippen LogP contribution in [0.3, 0.4) is 0 Å². The van der Waals surface area contributed by atoms with E-state index in [-0.39, 0.29) is 18.2 Å². The first-order valence-electron chi connectivity index (χ1n) is 8.12. The van der Waals surface area contributed by atoms with Gasteiger partial charge in [-0.05, 0) is 29.8 Å². The number of carbonyl (C=O) groups excluding carboxylic acids is 2. The van der Waals surface area contributed by atoms with Crippen LogP contribution in [0, 0.1) is 0 Å². The minimum Gasteiger partial charge on any atom is -0.378 e. The van der Waals surface area contributed by atoms with Crippen molar-refractivity contribution in [2.45, 2.75) is 23.1 Å². The third-order valence-electron chi connectivity index (χ3n) is 4.02. The second kappa shape index (κ2) is 7.61. The van der Waals surface area contributed by atoms with Crippen molar-refractivity contribution >= 4 is 35.0 Å². The standard InChI is InChI=1S/C19H21N3O2S/c1-22(2)14-9-7-13(8-10-14)12-20-18(23)11-17-19(24)21-15-5-3-4-6-16(15)25-17/h3-10,17H,11-12H2,1-2H3,(H,20,23)(H,21,24)/t17-/m1/s1. The van der Waals surface area contributed by atoms with Crippen molar-refractivity contribution < 1.29 is 9.59 Å². The molecule has 0 radical (unpaired) electrons. The summed E-state index contributed by atoms with van der Waals surface area (Å²) in [5, 5.41) is 5.36. The molecule has 1 aliphatic rings. The van der Waals surface area contributed by atoms with Gasteiger partial charge in [0.1, 0.15) is 0 Å². The Bertz CT molecular complexity index is 774. The van der Waals surface area contributed by atoms with E-state index in [9.17, 15) is 9.59 Å². The zero-order chi connectivity index (χ0) is 17.8. The molecule has 0 spiro atoms. The molecule has 1 atom stereocenters. The van der Waals surface area contributed by atoms with Crippen LogP contribution >= 0.6 is 11.8 Å². The van der Waals surface area contributed by atoms with Crippen molar-refractivity contribution in [2.75, 3.05) is 24.3 Å². The summed E-state index contributed by atoms with van der Waals surface area (Å²) in [4.78, 5) is 27.4. The van der Waals surface area contributed by atoms with Crippen LogP contribution in [0.15, 0.2) is 53.4 Å². The highest BCUT2D eigenvalue weighted by Crippen LogP contribution is 2.36. The lowest BCUT2D eigenvalue weighted by atomic mass is 10.2. The van der Waals surface area contributed by atoms with Gasteiger partial charge in [0.25, 0.3) is 0 Å². The summed E-state index contributed by atoms with van der Waals surface area (Å²) in [6.07, 6.45) is 0.167. The zero-order valence-electron chi connectivity index (χ0n) is 14.3. The summed E-state index contributed by atoms with van der Waals surface area (Å²) in [6.45, 7) is 0.460. The monoisotopic (exact) mass is 355 g/mol. The molecule has 25 heavy (non-hydrogen) atoms. The maximum Gasteiger partial charge on any atom is 0.238 e. The van der Waals surface area contributed by atoms with Gasteiger partial charge in [-0.2, -0.15) is 0 Å². The molecule has 0 saturated carbocycles. The number of carbonyl (C=O) groups is 2. The van der Waals surface area contributed by atoms with E-state index in [1.54, 1.807) is 0 Å². The molecule has 0 fully saturated rings. The number of nitrogens with one attached hydrogen (secondary N) is 2. The molecule has 0 saturated heterocycles. The van der Waals surface area contributed by atoms with E-state index >= 15 is 0 Å². The quantitative estimate of drug-likeness (QED) is 0.866. The Morgan fingerprint density at radius 3 is 2.60 bits per heavy atom. The zero-order valence-corrected chi connectivity index (χ0v) is 15.1. The van der Waals surface area contributed by atoms with Crippen molar-refractivity contribution in [2.24, 2.45) is 0 Å².